The number of H-pyrrole nitrogens is 1. The number of hydrogen-bond acceptors (Lipinski definition) is 10. The standard InChI is InChI=1S/C33H34N4O9/c1-36-31(41)24-22-14-7-3-5-9-17(14)35-26(22)27-23(25(24)32(36)42)15-8-4-6-10-18(15)37(27)33-29(40)28(39)30(43-2)20(46-33)13-45-21-11-19(38)16(34)12-44-21/h3-10,16,19-21,28-30,33,35,38-40H,11-13,34H2,1-2H3. The lowest BCUT2D eigenvalue weighted by Crippen LogP contribution is -2.58. The summed E-state index contributed by atoms with van der Waals surface area (Å²) in [7, 11) is 2.88. The molecule has 8 unspecified atom stereocenters. The first kappa shape index (κ1) is 29.5. The SMILES string of the molecule is COC1C(COC2CC(O)C(N)CO2)OC(n2c3ccccc3c3c4c(c5c6ccccc6[nH]c5c32)C(=O)N(C)C4=O)C(O)C1O. The molecule has 0 bridgehead atoms. The van der Waals surface area contributed by atoms with E-state index in [4.69, 9.17) is 24.7 Å². The number of nitrogens with one attached hydrogen (secondary N) is 1. The summed E-state index contributed by atoms with van der Waals surface area (Å²) in [6.45, 7) is 0.0368. The molecule has 0 radical (unpaired) electrons. The molecule has 3 aliphatic rings. The maximum absolute atomic E-state index is 13.8. The van der Waals surface area contributed by atoms with Crippen LogP contribution in [0.1, 0.15) is 33.4 Å². The summed E-state index contributed by atoms with van der Waals surface area (Å²) in [5.41, 5.74) is 8.99. The molecule has 46 heavy (non-hydrogen) atoms. The zero-order chi connectivity index (χ0) is 32.0. The first-order valence-corrected chi connectivity index (χ1v) is 15.2. The Morgan fingerprint density at radius 3 is 2.41 bits per heavy atom. The Morgan fingerprint density at radius 2 is 1.67 bits per heavy atom. The van der Waals surface area contributed by atoms with Crippen LogP contribution in [-0.4, -0.2) is 112 Å². The van der Waals surface area contributed by atoms with Gasteiger partial charge in [0, 0.05) is 47.6 Å². The topological polar surface area (TPSA) is 182 Å². The largest absolute Gasteiger partial charge is 0.391 e. The van der Waals surface area contributed by atoms with E-state index in [1.807, 2.05) is 48.5 Å². The van der Waals surface area contributed by atoms with E-state index in [-0.39, 0.29) is 25.2 Å². The molecule has 0 aliphatic carbocycles. The van der Waals surface area contributed by atoms with E-state index in [9.17, 15) is 24.9 Å². The number of ether oxygens (including phenoxy) is 4. The van der Waals surface area contributed by atoms with Crippen LogP contribution in [0, 0.1) is 0 Å². The fourth-order valence-corrected chi connectivity index (χ4v) is 7.36. The smallest absolute Gasteiger partial charge is 0.262 e. The van der Waals surface area contributed by atoms with Gasteiger partial charge in [0.15, 0.2) is 12.5 Å². The fraction of sp³-hybridized carbons (Fsp3) is 0.394. The van der Waals surface area contributed by atoms with E-state index in [1.165, 1.54) is 14.2 Å². The Morgan fingerprint density at radius 1 is 0.978 bits per heavy atom. The Hall–Kier alpha value is -3.92. The normalized spacial score (nSPS) is 30.3. The molecule has 13 heteroatoms. The van der Waals surface area contributed by atoms with Crippen LogP contribution in [-0.2, 0) is 18.9 Å². The number of para-hydroxylation sites is 2. The van der Waals surface area contributed by atoms with Crippen molar-refractivity contribution in [2.45, 2.75) is 55.5 Å². The minimum atomic E-state index is -1.46. The molecule has 2 fully saturated rings. The van der Waals surface area contributed by atoms with Gasteiger partial charge in [0.2, 0.25) is 0 Å². The molecule has 6 N–H and O–H groups in total. The number of imide groups is 1. The average molecular weight is 631 g/mol. The highest BCUT2D eigenvalue weighted by molar-refractivity contribution is 6.39. The van der Waals surface area contributed by atoms with Crippen LogP contribution in [0.4, 0.5) is 0 Å². The van der Waals surface area contributed by atoms with Crippen molar-refractivity contribution in [2.75, 3.05) is 27.4 Å². The molecule has 2 aromatic heterocycles. The molecule has 240 valence electrons. The summed E-state index contributed by atoms with van der Waals surface area (Å²) >= 11 is 0. The molecule has 5 heterocycles. The number of carbonyl (C=O) groups excluding carboxylic acids is 2. The predicted octanol–water partition coefficient (Wildman–Crippen LogP) is 1.74. The number of carbonyl (C=O) groups is 2. The molecule has 8 rings (SSSR count). The third-order valence-electron chi connectivity index (χ3n) is 9.68. The number of nitrogens with two attached hydrogens (primary N) is 1. The van der Waals surface area contributed by atoms with Gasteiger partial charge in [-0.3, -0.25) is 14.5 Å². The van der Waals surface area contributed by atoms with E-state index in [0.717, 1.165) is 15.8 Å². The molecular weight excluding hydrogens is 596 g/mol. The first-order chi connectivity index (χ1) is 22.2. The van der Waals surface area contributed by atoms with Crippen molar-refractivity contribution >= 4 is 55.4 Å². The van der Waals surface area contributed by atoms with Crippen molar-refractivity contribution in [1.29, 1.82) is 0 Å². The summed E-state index contributed by atoms with van der Waals surface area (Å²) in [6, 6.07) is 14.4. The highest BCUT2D eigenvalue weighted by Gasteiger charge is 2.48. The highest BCUT2D eigenvalue weighted by Crippen LogP contribution is 2.47. The second-order valence-electron chi connectivity index (χ2n) is 12.3. The number of rotatable bonds is 5. The second kappa shape index (κ2) is 10.8. The lowest BCUT2D eigenvalue weighted by molar-refractivity contribution is -0.274. The number of fused-ring (bicyclic) bond motifs is 10. The molecule has 8 atom stereocenters. The Bertz CT molecular complexity index is 2040. The van der Waals surface area contributed by atoms with Gasteiger partial charge in [-0.25, -0.2) is 0 Å². The molecule has 2 amide bonds. The van der Waals surface area contributed by atoms with E-state index < -0.39 is 60.9 Å². The van der Waals surface area contributed by atoms with Crippen molar-refractivity contribution < 1.29 is 43.9 Å². The van der Waals surface area contributed by atoms with Gasteiger partial charge in [0.05, 0.1) is 53.0 Å². The third kappa shape index (κ3) is 4.11. The van der Waals surface area contributed by atoms with Gasteiger partial charge in [0.1, 0.15) is 24.4 Å². The summed E-state index contributed by atoms with van der Waals surface area (Å²) in [6.07, 6.45) is -7.22. The quantitative estimate of drug-likeness (QED) is 0.180. The van der Waals surface area contributed by atoms with E-state index >= 15 is 0 Å². The fourth-order valence-electron chi connectivity index (χ4n) is 7.36. The maximum Gasteiger partial charge on any atom is 0.262 e. The second-order valence-corrected chi connectivity index (χ2v) is 12.3. The van der Waals surface area contributed by atoms with Gasteiger partial charge in [0.25, 0.3) is 11.8 Å². The summed E-state index contributed by atoms with van der Waals surface area (Å²) in [4.78, 5) is 32.0. The molecular formula is C33H34N4O9. The van der Waals surface area contributed by atoms with Crippen LogP contribution < -0.4 is 5.73 Å². The highest BCUT2D eigenvalue weighted by atomic mass is 16.7. The number of hydrogen-bond donors (Lipinski definition) is 5. The van der Waals surface area contributed by atoms with Crippen molar-refractivity contribution in [3.05, 3.63) is 59.7 Å². The number of aliphatic hydroxyl groups is 3. The molecule has 13 nitrogen and oxygen atoms in total. The van der Waals surface area contributed by atoms with Crippen molar-refractivity contribution in [3.8, 4) is 0 Å². The van der Waals surface area contributed by atoms with Crippen molar-refractivity contribution in [2.24, 2.45) is 5.73 Å². The van der Waals surface area contributed by atoms with E-state index in [2.05, 4.69) is 4.98 Å². The lowest BCUT2D eigenvalue weighted by Gasteiger charge is -2.43. The average Bonchev–Trinajstić information content (AvgIpc) is 3.68. The van der Waals surface area contributed by atoms with Crippen molar-refractivity contribution in [1.82, 2.24) is 14.5 Å². The van der Waals surface area contributed by atoms with Crippen LogP contribution >= 0.6 is 0 Å². The zero-order valence-electron chi connectivity index (χ0n) is 25.1. The zero-order valence-corrected chi connectivity index (χ0v) is 25.1. The monoisotopic (exact) mass is 630 g/mol. The van der Waals surface area contributed by atoms with Crippen LogP contribution in [0.5, 0.6) is 0 Å². The number of aromatic nitrogens is 2. The van der Waals surface area contributed by atoms with E-state index in [1.54, 1.807) is 4.57 Å². The van der Waals surface area contributed by atoms with Gasteiger partial charge in [-0.2, -0.15) is 0 Å². The summed E-state index contributed by atoms with van der Waals surface area (Å²) < 4.78 is 25.5. The van der Waals surface area contributed by atoms with E-state index in [0.29, 0.717) is 38.3 Å². The van der Waals surface area contributed by atoms with Crippen molar-refractivity contribution in [3.63, 3.8) is 0 Å². The molecule has 5 aromatic rings. The number of nitrogens with zero attached hydrogens (tertiary/aromatic N) is 2. The van der Waals surface area contributed by atoms with Crippen LogP contribution in [0.3, 0.4) is 0 Å². The number of methoxy groups -OCH3 is 1. The number of aliphatic hydroxyl groups excluding tert-OH is 3. The molecule has 3 aliphatic heterocycles. The molecule has 2 saturated heterocycles. The Balaban J connectivity index is 1.33. The third-order valence-corrected chi connectivity index (χ3v) is 9.68. The van der Waals surface area contributed by atoms with Gasteiger partial charge in [-0.15, -0.1) is 0 Å². The molecule has 0 spiro atoms. The minimum Gasteiger partial charge on any atom is -0.391 e. The minimum absolute atomic E-state index is 0.0858. The van der Waals surface area contributed by atoms with Crippen LogP contribution in [0.25, 0.3) is 43.6 Å². The van der Waals surface area contributed by atoms with Crippen LogP contribution in [0.15, 0.2) is 48.5 Å². The summed E-state index contributed by atoms with van der Waals surface area (Å²) in [5.74, 6) is -0.820. The summed E-state index contributed by atoms with van der Waals surface area (Å²) in [5, 5.41) is 35.9. The number of amides is 2. The Labute approximate surface area is 262 Å². The molecule has 3 aromatic carbocycles. The predicted molar refractivity (Wildman–Crippen MR) is 166 cm³/mol. The van der Waals surface area contributed by atoms with Gasteiger partial charge >= 0.3 is 0 Å². The number of aromatic amines is 1. The van der Waals surface area contributed by atoms with Gasteiger partial charge in [-0.1, -0.05) is 36.4 Å². The Kier molecular flexibility index (Phi) is 6.94. The first-order valence-electron chi connectivity index (χ1n) is 15.2. The van der Waals surface area contributed by atoms with Crippen LogP contribution in [0.2, 0.25) is 0 Å². The lowest BCUT2D eigenvalue weighted by atomic mass is 9.96. The van der Waals surface area contributed by atoms with Gasteiger partial charge in [-0.05, 0) is 12.1 Å². The van der Waals surface area contributed by atoms with Gasteiger partial charge < -0.3 is 49.6 Å². The maximum atomic E-state index is 13.8. The molecule has 0 saturated carbocycles. The number of benzene rings is 3.